The summed E-state index contributed by atoms with van der Waals surface area (Å²) in [6.07, 6.45) is 4.55. The van der Waals surface area contributed by atoms with Gasteiger partial charge in [0, 0.05) is 25.7 Å². The number of likely N-dealkylation sites (N-methyl/N-ethyl adjacent to an activating group) is 1. The van der Waals surface area contributed by atoms with E-state index in [1.807, 2.05) is 4.90 Å². The fraction of sp³-hybridized carbons (Fsp3) is 0.938. The molecule has 2 aliphatic rings. The maximum Gasteiger partial charge on any atom is 0.248 e. The molecule has 0 aromatic rings. The highest BCUT2D eigenvalue weighted by Gasteiger charge is 2.42. The van der Waals surface area contributed by atoms with Crippen LogP contribution in [-0.2, 0) is 9.53 Å². The summed E-state index contributed by atoms with van der Waals surface area (Å²) in [4.78, 5) is 16.2. The zero-order valence-electron chi connectivity index (χ0n) is 13.5. The second-order valence-corrected chi connectivity index (χ2v) is 6.94. The molecule has 1 amide bonds. The number of hydrogen-bond donors (Lipinski definition) is 0. The Morgan fingerprint density at radius 2 is 2.05 bits per heavy atom. The molecule has 1 saturated carbocycles. The predicted octanol–water partition coefficient (Wildman–Crippen LogP) is 2.13. The highest BCUT2D eigenvalue weighted by molar-refractivity contribution is 5.78. The van der Waals surface area contributed by atoms with Gasteiger partial charge in [-0.05, 0) is 45.6 Å². The number of carbonyl (C=O) groups is 1. The Kier molecular flexibility index (Phi) is 5.08. The van der Waals surface area contributed by atoms with Crippen molar-refractivity contribution in [3.63, 3.8) is 0 Å². The smallest absolute Gasteiger partial charge is 0.248 e. The molecule has 116 valence electrons. The normalized spacial score (nSPS) is 31.6. The van der Waals surface area contributed by atoms with Gasteiger partial charge in [-0.3, -0.25) is 4.79 Å². The van der Waals surface area contributed by atoms with Crippen molar-refractivity contribution in [3.05, 3.63) is 0 Å². The summed E-state index contributed by atoms with van der Waals surface area (Å²) in [7, 11) is 2.24. The Balaban J connectivity index is 1.88. The van der Waals surface area contributed by atoms with E-state index in [-0.39, 0.29) is 18.1 Å². The van der Waals surface area contributed by atoms with E-state index in [0.717, 1.165) is 38.4 Å². The molecule has 0 unspecified atom stereocenters. The summed E-state index contributed by atoms with van der Waals surface area (Å²) in [5.41, 5.74) is -0.0565. The van der Waals surface area contributed by atoms with E-state index in [1.165, 1.54) is 12.8 Å². The highest BCUT2D eigenvalue weighted by Crippen LogP contribution is 2.36. The van der Waals surface area contributed by atoms with Crippen molar-refractivity contribution in [2.75, 3.05) is 33.3 Å². The molecule has 2 fully saturated rings. The lowest BCUT2D eigenvalue weighted by molar-refractivity contribution is -0.170. The van der Waals surface area contributed by atoms with Gasteiger partial charge < -0.3 is 14.5 Å². The number of nitrogens with zero attached hydrogens (tertiary/aromatic N) is 2. The maximum absolute atomic E-state index is 11.7. The van der Waals surface area contributed by atoms with Crippen LogP contribution in [0.25, 0.3) is 0 Å². The fourth-order valence-corrected chi connectivity index (χ4v) is 3.67. The lowest BCUT2D eigenvalue weighted by Crippen LogP contribution is -2.57. The van der Waals surface area contributed by atoms with Crippen LogP contribution in [0.4, 0.5) is 0 Å². The van der Waals surface area contributed by atoms with E-state index in [1.54, 1.807) is 0 Å². The summed E-state index contributed by atoms with van der Waals surface area (Å²) >= 11 is 0. The van der Waals surface area contributed by atoms with Crippen LogP contribution in [0.3, 0.4) is 0 Å². The maximum atomic E-state index is 11.7. The number of amides is 1. The Morgan fingerprint density at radius 1 is 1.40 bits per heavy atom. The zero-order valence-corrected chi connectivity index (χ0v) is 13.5. The topological polar surface area (TPSA) is 32.8 Å². The molecule has 0 bridgehead atoms. The lowest BCUT2D eigenvalue weighted by atomic mass is 9.80. The van der Waals surface area contributed by atoms with Gasteiger partial charge in [0.1, 0.15) is 6.61 Å². The van der Waals surface area contributed by atoms with Crippen LogP contribution in [0.2, 0.25) is 0 Å². The minimum Gasteiger partial charge on any atom is -0.363 e. The molecule has 2 rings (SSSR count). The van der Waals surface area contributed by atoms with Gasteiger partial charge in [0.15, 0.2) is 0 Å². The van der Waals surface area contributed by atoms with Gasteiger partial charge in [-0.25, -0.2) is 0 Å². The van der Waals surface area contributed by atoms with Crippen LogP contribution in [-0.4, -0.2) is 60.6 Å². The van der Waals surface area contributed by atoms with Crippen molar-refractivity contribution in [1.82, 2.24) is 9.80 Å². The number of rotatable bonds is 4. The highest BCUT2D eigenvalue weighted by atomic mass is 16.5. The third kappa shape index (κ3) is 3.53. The Labute approximate surface area is 123 Å². The number of morpholine rings is 1. The first kappa shape index (κ1) is 15.8. The molecule has 4 heteroatoms. The van der Waals surface area contributed by atoms with E-state index in [0.29, 0.717) is 6.04 Å². The largest absolute Gasteiger partial charge is 0.363 e. The minimum absolute atomic E-state index is 0.0565. The molecular weight excluding hydrogens is 252 g/mol. The Hall–Kier alpha value is -0.610. The molecule has 20 heavy (non-hydrogen) atoms. The predicted molar refractivity (Wildman–Crippen MR) is 80.7 cm³/mol. The van der Waals surface area contributed by atoms with Gasteiger partial charge in [0.25, 0.3) is 0 Å². The van der Waals surface area contributed by atoms with Gasteiger partial charge in [-0.15, -0.1) is 0 Å². The SMILES string of the molecule is CCN1C[C@]2(CC[C@H](N(C)CC(C)C)CC2)OCC1=O. The van der Waals surface area contributed by atoms with E-state index in [2.05, 4.69) is 32.7 Å². The van der Waals surface area contributed by atoms with Crippen LogP contribution >= 0.6 is 0 Å². The first-order chi connectivity index (χ1) is 9.46. The molecular formula is C16H30N2O2. The monoisotopic (exact) mass is 282 g/mol. The first-order valence-corrected chi connectivity index (χ1v) is 8.08. The molecule has 1 aliphatic heterocycles. The molecule has 4 nitrogen and oxygen atoms in total. The second-order valence-electron chi connectivity index (χ2n) is 6.94. The molecule has 1 heterocycles. The third-order valence-corrected chi connectivity index (χ3v) is 4.86. The first-order valence-electron chi connectivity index (χ1n) is 8.08. The quantitative estimate of drug-likeness (QED) is 0.792. The molecule has 0 N–H and O–H groups in total. The van der Waals surface area contributed by atoms with Crippen molar-refractivity contribution in [2.45, 2.75) is 58.1 Å². The summed E-state index contributed by atoms with van der Waals surface area (Å²) < 4.78 is 5.95. The summed E-state index contributed by atoms with van der Waals surface area (Å²) in [6, 6.07) is 0.680. The standard InChI is InChI=1S/C16H30N2O2/c1-5-18-12-16(20-11-15(18)19)8-6-14(7-9-16)17(4)10-13(2)3/h13-14H,5-12H2,1-4H3/t14-,16+. The molecule has 1 saturated heterocycles. The molecule has 1 spiro atoms. The Bertz CT molecular complexity index is 335. The number of carbonyl (C=O) groups excluding carboxylic acids is 1. The van der Waals surface area contributed by atoms with E-state index < -0.39 is 0 Å². The zero-order chi connectivity index (χ0) is 14.8. The van der Waals surface area contributed by atoms with Crippen molar-refractivity contribution in [1.29, 1.82) is 0 Å². The second kappa shape index (κ2) is 6.44. The van der Waals surface area contributed by atoms with Crippen molar-refractivity contribution < 1.29 is 9.53 Å². The average molecular weight is 282 g/mol. The molecule has 1 aliphatic carbocycles. The lowest BCUT2D eigenvalue weighted by Gasteiger charge is -2.47. The number of ether oxygens (including phenoxy) is 1. The fourth-order valence-electron chi connectivity index (χ4n) is 3.67. The van der Waals surface area contributed by atoms with Gasteiger partial charge >= 0.3 is 0 Å². The summed E-state index contributed by atoms with van der Waals surface area (Å²) in [5.74, 6) is 0.868. The number of hydrogen-bond acceptors (Lipinski definition) is 3. The van der Waals surface area contributed by atoms with E-state index >= 15 is 0 Å². The summed E-state index contributed by atoms with van der Waals surface area (Å²) in [5, 5.41) is 0. The van der Waals surface area contributed by atoms with Crippen LogP contribution in [0, 0.1) is 5.92 Å². The summed E-state index contributed by atoms with van der Waals surface area (Å²) in [6.45, 7) is 9.65. The van der Waals surface area contributed by atoms with Crippen molar-refractivity contribution in [3.8, 4) is 0 Å². The van der Waals surface area contributed by atoms with Gasteiger partial charge in [0.05, 0.1) is 5.60 Å². The third-order valence-electron chi connectivity index (χ3n) is 4.86. The van der Waals surface area contributed by atoms with Gasteiger partial charge in [-0.2, -0.15) is 0 Å². The minimum atomic E-state index is -0.0565. The molecule has 0 radical (unpaired) electrons. The van der Waals surface area contributed by atoms with Crippen molar-refractivity contribution >= 4 is 5.91 Å². The Morgan fingerprint density at radius 3 is 2.60 bits per heavy atom. The molecule has 0 atom stereocenters. The van der Waals surface area contributed by atoms with Gasteiger partial charge in [0.2, 0.25) is 5.91 Å². The van der Waals surface area contributed by atoms with E-state index in [4.69, 9.17) is 4.74 Å². The van der Waals surface area contributed by atoms with Gasteiger partial charge in [-0.1, -0.05) is 13.8 Å². The van der Waals surface area contributed by atoms with Crippen LogP contribution < -0.4 is 0 Å². The molecule has 0 aromatic carbocycles. The average Bonchev–Trinajstić information content (AvgIpc) is 2.42. The van der Waals surface area contributed by atoms with Crippen LogP contribution in [0.1, 0.15) is 46.5 Å². The van der Waals surface area contributed by atoms with Crippen molar-refractivity contribution in [2.24, 2.45) is 5.92 Å². The van der Waals surface area contributed by atoms with Crippen LogP contribution in [0.5, 0.6) is 0 Å². The van der Waals surface area contributed by atoms with E-state index in [9.17, 15) is 4.79 Å². The molecule has 0 aromatic heterocycles. The van der Waals surface area contributed by atoms with Crippen LogP contribution in [0.15, 0.2) is 0 Å².